The number of carboxylic acid groups (broad SMARTS) is 1. The third-order valence-electron chi connectivity index (χ3n) is 3.16. The molecule has 1 heterocycles. The predicted octanol–water partition coefficient (Wildman–Crippen LogP) is 0.397. The minimum Gasteiger partial charge on any atom is -0.480 e. The zero-order valence-corrected chi connectivity index (χ0v) is 13.9. The average molecular weight is 352 g/mol. The van der Waals surface area contributed by atoms with Crippen LogP contribution < -0.4 is 5.32 Å². The zero-order chi connectivity index (χ0) is 18.8. The quantitative estimate of drug-likeness (QED) is 0.610. The number of aromatic nitrogens is 1. The lowest BCUT2D eigenvalue weighted by atomic mass is 9.95. The van der Waals surface area contributed by atoms with E-state index in [0.29, 0.717) is 0 Å². The highest BCUT2D eigenvalue weighted by molar-refractivity contribution is 5.98. The van der Waals surface area contributed by atoms with Gasteiger partial charge in [-0.25, -0.2) is 4.79 Å². The standard InChI is InChI=1S/C16H20N2O7/c1-3-24-12(19)8-11(16(23)25-4-2)13(15(21)22)18-14(20)10-6-5-7-17-9-10/h5-7,9,11,13H,3-4,8H2,1-2H3,(H,18,20)(H,21,22)/t11-,13+/m1/s1. The Balaban J connectivity index is 3.01. The van der Waals surface area contributed by atoms with Gasteiger partial charge in [-0.05, 0) is 26.0 Å². The summed E-state index contributed by atoms with van der Waals surface area (Å²) >= 11 is 0. The first-order valence-electron chi connectivity index (χ1n) is 7.66. The monoisotopic (exact) mass is 352 g/mol. The number of carboxylic acids is 1. The summed E-state index contributed by atoms with van der Waals surface area (Å²) in [5.41, 5.74) is 0.118. The molecular formula is C16H20N2O7. The van der Waals surface area contributed by atoms with Crippen molar-refractivity contribution < 1.29 is 33.8 Å². The van der Waals surface area contributed by atoms with E-state index in [2.05, 4.69) is 10.3 Å². The van der Waals surface area contributed by atoms with Gasteiger partial charge in [0.05, 0.1) is 31.1 Å². The number of ether oxygens (including phenoxy) is 2. The van der Waals surface area contributed by atoms with Crippen LogP contribution in [-0.2, 0) is 23.9 Å². The molecule has 0 radical (unpaired) electrons. The molecular weight excluding hydrogens is 332 g/mol. The fraction of sp³-hybridized carbons (Fsp3) is 0.438. The Morgan fingerprint density at radius 2 is 1.88 bits per heavy atom. The molecule has 9 heteroatoms. The molecule has 0 aromatic carbocycles. The van der Waals surface area contributed by atoms with Crippen LogP contribution in [0, 0.1) is 5.92 Å². The zero-order valence-electron chi connectivity index (χ0n) is 13.9. The van der Waals surface area contributed by atoms with Gasteiger partial charge in [0.15, 0.2) is 0 Å². The molecule has 1 amide bonds. The van der Waals surface area contributed by atoms with E-state index in [1.165, 1.54) is 24.5 Å². The third-order valence-corrected chi connectivity index (χ3v) is 3.16. The van der Waals surface area contributed by atoms with E-state index in [-0.39, 0.29) is 18.8 Å². The number of hydrogen-bond acceptors (Lipinski definition) is 7. The summed E-state index contributed by atoms with van der Waals surface area (Å²) in [6.45, 7) is 3.20. The van der Waals surface area contributed by atoms with Crippen molar-refractivity contribution in [2.75, 3.05) is 13.2 Å². The van der Waals surface area contributed by atoms with Crippen molar-refractivity contribution in [2.24, 2.45) is 5.92 Å². The number of carbonyl (C=O) groups excluding carboxylic acids is 3. The van der Waals surface area contributed by atoms with Crippen LogP contribution in [0.5, 0.6) is 0 Å². The molecule has 1 aromatic heterocycles. The highest BCUT2D eigenvalue weighted by Crippen LogP contribution is 2.15. The van der Waals surface area contributed by atoms with Crippen molar-refractivity contribution >= 4 is 23.8 Å². The molecule has 0 saturated carbocycles. The maximum atomic E-state index is 12.2. The number of hydrogen-bond donors (Lipinski definition) is 2. The third kappa shape index (κ3) is 6.21. The van der Waals surface area contributed by atoms with E-state index in [0.717, 1.165) is 0 Å². The molecule has 0 spiro atoms. The van der Waals surface area contributed by atoms with Gasteiger partial charge in [0.2, 0.25) is 0 Å². The molecule has 0 unspecified atom stereocenters. The lowest BCUT2D eigenvalue weighted by molar-refractivity contribution is -0.159. The Morgan fingerprint density at radius 3 is 2.40 bits per heavy atom. The smallest absolute Gasteiger partial charge is 0.327 e. The Labute approximate surface area is 144 Å². The molecule has 0 aliphatic heterocycles. The van der Waals surface area contributed by atoms with E-state index in [1.807, 2.05) is 0 Å². The molecule has 0 aliphatic carbocycles. The van der Waals surface area contributed by atoms with Crippen molar-refractivity contribution in [3.8, 4) is 0 Å². The number of carbonyl (C=O) groups is 4. The highest BCUT2D eigenvalue weighted by Gasteiger charge is 2.38. The Bertz CT molecular complexity index is 618. The van der Waals surface area contributed by atoms with Crippen LogP contribution in [0.3, 0.4) is 0 Å². The minimum atomic E-state index is -1.66. The van der Waals surface area contributed by atoms with Gasteiger partial charge in [0.25, 0.3) is 5.91 Å². The van der Waals surface area contributed by atoms with Crippen LogP contribution in [0.25, 0.3) is 0 Å². The first kappa shape index (κ1) is 20.1. The maximum absolute atomic E-state index is 12.2. The highest BCUT2D eigenvalue weighted by atomic mass is 16.5. The second-order valence-electron chi connectivity index (χ2n) is 4.90. The van der Waals surface area contributed by atoms with Gasteiger partial charge in [-0.1, -0.05) is 0 Å². The van der Waals surface area contributed by atoms with Crippen LogP contribution in [0.1, 0.15) is 30.6 Å². The van der Waals surface area contributed by atoms with E-state index in [9.17, 15) is 24.3 Å². The van der Waals surface area contributed by atoms with Crippen molar-refractivity contribution in [1.29, 1.82) is 0 Å². The van der Waals surface area contributed by atoms with Gasteiger partial charge in [0.1, 0.15) is 6.04 Å². The van der Waals surface area contributed by atoms with Gasteiger partial charge < -0.3 is 19.9 Å². The van der Waals surface area contributed by atoms with E-state index in [1.54, 1.807) is 13.8 Å². The summed E-state index contributed by atoms with van der Waals surface area (Å²) in [5, 5.41) is 11.6. The number of aliphatic carboxylic acids is 1. The average Bonchev–Trinajstić information content (AvgIpc) is 2.58. The lowest BCUT2D eigenvalue weighted by Crippen LogP contribution is -2.49. The summed E-state index contributed by atoms with van der Waals surface area (Å²) in [7, 11) is 0. The molecule has 9 nitrogen and oxygen atoms in total. The van der Waals surface area contributed by atoms with Crippen LogP contribution in [0.2, 0.25) is 0 Å². The number of rotatable bonds is 9. The van der Waals surface area contributed by atoms with Gasteiger partial charge in [0, 0.05) is 12.4 Å². The van der Waals surface area contributed by atoms with Gasteiger partial charge >= 0.3 is 17.9 Å². The van der Waals surface area contributed by atoms with Crippen molar-refractivity contribution in [3.05, 3.63) is 30.1 Å². The lowest BCUT2D eigenvalue weighted by Gasteiger charge is -2.22. The fourth-order valence-electron chi connectivity index (χ4n) is 2.04. The van der Waals surface area contributed by atoms with Crippen LogP contribution in [0.4, 0.5) is 0 Å². The fourth-order valence-corrected chi connectivity index (χ4v) is 2.04. The molecule has 136 valence electrons. The molecule has 0 saturated heterocycles. The second kappa shape index (κ2) is 10.0. The summed E-state index contributed by atoms with van der Waals surface area (Å²) in [5.74, 6) is -5.30. The molecule has 0 fully saturated rings. The molecule has 2 N–H and O–H groups in total. The Morgan fingerprint density at radius 1 is 1.20 bits per heavy atom. The number of esters is 2. The van der Waals surface area contributed by atoms with E-state index in [4.69, 9.17) is 9.47 Å². The van der Waals surface area contributed by atoms with Gasteiger partial charge in [-0.15, -0.1) is 0 Å². The second-order valence-corrected chi connectivity index (χ2v) is 4.90. The van der Waals surface area contributed by atoms with Gasteiger partial charge in [-0.3, -0.25) is 19.4 Å². The van der Waals surface area contributed by atoms with Crippen molar-refractivity contribution in [2.45, 2.75) is 26.3 Å². The molecule has 2 atom stereocenters. The summed E-state index contributed by atoms with van der Waals surface area (Å²) in [4.78, 5) is 51.3. The van der Waals surface area contributed by atoms with E-state index >= 15 is 0 Å². The van der Waals surface area contributed by atoms with Crippen LogP contribution >= 0.6 is 0 Å². The first-order chi connectivity index (χ1) is 11.9. The van der Waals surface area contributed by atoms with Crippen LogP contribution in [0.15, 0.2) is 24.5 Å². The molecule has 0 bridgehead atoms. The summed E-state index contributed by atoms with van der Waals surface area (Å²) in [6, 6.07) is 1.29. The summed E-state index contributed by atoms with van der Waals surface area (Å²) in [6.07, 6.45) is 2.17. The Kier molecular flexibility index (Phi) is 8.04. The molecule has 25 heavy (non-hydrogen) atoms. The number of pyridine rings is 1. The molecule has 0 aliphatic rings. The van der Waals surface area contributed by atoms with Gasteiger partial charge in [-0.2, -0.15) is 0 Å². The number of nitrogens with one attached hydrogen (secondary N) is 1. The van der Waals surface area contributed by atoms with Crippen molar-refractivity contribution in [3.63, 3.8) is 0 Å². The maximum Gasteiger partial charge on any atom is 0.327 e. The van der Waals surface area contributed by atoms with E-state index < -0.39 is 42.2 Å². The van der Waals surface area contributed by atoms with Crippen LogP contribution in [-0.4, -0.2) is 53.2 Å². The largest absolute Gasteiger partial charge is 0.480 e. The Hall–Kier alpha value is -2.97. The normalized spacial score (nSPS) is 12.6. The summed E-state index contributed by atoms with van der Waals surface area (Å²) < 4.78 is 9.59. The number of nitrogens with zero attached hydrogens (tertiary/aromatic N) is 1. The first-order valence-corrected chi connectivity index (χ1v) is 7.66. The predicted molar refractivity (Wildman–Crippen MR) is 84.5 cm³/mol. The number of amides is 1. The van der Waals surface area contributed by atoms with Crippen molar-refractivity contribution in [1.82, 2.24) is 10.3 Å². The molecule has 1 rings (SSSR count). The minimum absolute atomic E-state index is 0.00104. The molecule has 1 aromatic rings. The topological polar surface area (TPSA) is 132 Å². The SMILES string of the molecule is CCOC(=O)C[C@@H](C(=O)OCC)[C@H](NC(=O)c1cccnc1)C(=O)O.